The molecule has 0 N–H and O–H groups in total. The number of hydrogen-bond donors (Lipinski definition) is 0. The Kier molecular flexibility index (Phi) is 4.24. The molecule has 1 aliphatic rings. The van der Waals surface area contributed by atoms with Gasteiger partial charge in [-0.25, -0.2) is 4.98 Å². The van der Waals surface area contributed by atoms with Crippen molar-refractivity contribution in [2.45, 2.75) is 19.6 Å². The van der Waals surface area contributed by atoms with Crippen LogP contribution in [-0.2, 0) is 24.3 Å². The number of aromatic nitrogens is 1. The lowest BCUT2D eigenvalue weighted by molar-refractivity contribution is 0.0736. The van der Waals surface area contributed by atoms with Gasteiger partial charge in [0.25, 0.3) is 5.91 Å². The molecule has 0 atom stereocenters. The highest BCUT2D eigenvalue weighted by Gasteiger charge is 2.24. The van der Waals surface area contributed by atoms with Gasteiger partial charge in [0.2, 0.25) is 0 Å². The third-order valence-corrected chi connectivity index (χ3v) is 4.73. The summed E-state index contributed by atoms with van der Waals surface area (Å²) < 4.78 is 5.12. The number of carbonyl (C=O) groups is 1. The van der Waals surface area contributed by atoms with Crippen molar-refractivity contribution in [3.63, 3.8) is 0 Å². The number of methoxy groups -OCH3 is 1. The highest BCUT2D eigenvalue weighted by Crippen LogP contribution is 2.26. The number of nitrogens with zero attached hydrogens (tertiary/aromatic N) is 2. The van der Waals surface area contributed by atoms with Crippen LogP contribution in [0.5, 0.6) is 0 Å². The average molecular weight is 323 g/mol. The smallest absolute Gasteiger partial charge is 0.254 e. The molecule has 2 aromatic rings. The SMILES string of the molecule is COCc1nc2c(s1)CN(C(=O)c1ccc(Cl)cc1)CC2. The molecule has 0 unspecified atom stereocenters. The summed E-state index contributed by atoms with van der Waals surface area (Å²) in [5.74, 6) is 0.0407. The summed E-state index contributed by atoms with van der Waals surface area (Å²) in [5, 5.41) is 1.61. The van der Waals surface area contributed by atoms with Crippen molar-refractivity contribution in [3.05, 3.63) is 50.4 Å². The van der Waals surface area contributed by atoms with E-state index < -0.39 is 0 Å². The van der Waals surface area contributed by atoms with Crippen LogP contribution in [0.2, 0.25) is 5.02 Å². The van der Waals surface area contributed by atoms with Crippen molar-refractivity contribution < 1.29 is 9.53 Å². The van der Waals surface area contributed by atoms with E-state index in [0.717, 1.165) is 22.0 Å². The maximum Gasteiger partial charge on any atom is 0.254 e. The molecule has 0 aliphatic carbocycles. The van der Waals surface area contributed by atoms with Gasteiger partial charge in [0.1, 0.15) is 5.01 Å². The first-order chi connectivity index (χ1) is 10.2. The van der Waals surface area contributed by atoms with Crippen LogP contribution in [0, 0.1) is 0 Å². The molecule has 1 amide bonds. The second-order valence-electron chi connectivity index (χ2n) is 4.89. The van der Waals surface area contributed by atoms with Crippen LogP contribution < -0.4 is 0 Å². The first-order valence-electron chi connectivity index (χ1n) is 6.68. The van der Waals surface area contributed by atoms with E-state index in [1.165, 1.54) is 0 Å². The van der Waals surface area contributed by atoms with Gasteiger partial charge in [-0.2, -0.15) is 0 Å². The maximum atomic E-state index is 12.5. The summed E-state index contributed by atoms with van der Waals surface area (Å²) in [7, 11) is 1.66. The van der Waals surface area contributed by atoms with E-state index in [0.29, 0.717) is 30.3 Å². The van der Waals surface area contributed by atoms with Gasteiger partial charge in [-0.05, 0) is 24.3 Å². The molecule has 0 radical (unpaired) electrons. The predicted molar refractivity (Wildman–Crippen MR) is 82.7 cm³/mol. The number of fused-ring (bicyclic) bond motifs is 1. The summed E-state index contributed by atoms with van der Waals surface area (Å²) in [6.45, 7) is 1.85. The zero-order valence-corrected chi connectivity index (χ0v) is 13.2. The molecule has 0 spiro atoms. The van der Waals surface area contributed by atoms with Crippen LogP contribution in [-0.4, -0.2) is 29.4 Å². The lowest BCUT2D eigenvalue weighted by Gasteiger charge is -2.26. The number of rotatable bonds is 3. The fourth-order valence-corrected chi connectivity index (χ4v) is 3.61. The fourth-order valence-electron chi connectivity index (χ4n) is 2.38. The van der Waals surface area contributed by atoms with Gasteiger partial charge in [0, 0.05) is 35.5 Å². The van der Waals surface area contributed by atoms with Gasteiger partial charge in [0.15, 0.2) is 0 Å². The Labute approximate surface area is 132 Å². The molecular weight excluding hydrogens is 308 g/mol. The molecule has 0 fully saturated rings. The van der Waals surface area contributed by atoms with Crippen LogP contribution in [0.1, 0.15) is 25.9 Å². The number of ether oxygens (including phenoxy) is 1. The van der Waals surface area contributed by atoms with E-state index in [1.807, 2.05) is 4.90 Å². The summed E-state index contributed by atoms with van der Waals surface area (Å²) in [6, 6.07) is 7.02. The Bertz CT molecular complexity index is 654. The lowest BCUT2D eigenvalue weighted by atomic mass is 10.1. The van der Waals surface area contributed by atoms with Gasteiger partial charge in [-0.1, -0.05) is 11.6 Å². The average Bonchev–Trinajstić information content (AvgIpc) is 2.89. The highest BCUT2D eigenvalue weighted by molar-refractivity contribution is 7.11. The molecule has 0 bridgehead atoms. The fraction of sp³-hybridized carbons (Fsp3) is 0.333. The predicted octanol–water partition coefficient (Wildman–Crippen LogP) is 3.14. The minimum absolute atomic E-state index is 0.0407. The minimum atomic E-state index is 0.0407. The molecule has 2 heterocycles. The van der Waals surface area contributed by atoms with E-state index in [-0.39, 0.29) is 5.91 Å². The van der Waals surface area contributed by atoms with Crippen molar-refractivity contribution in [2.24, 2.45) is 0 Å². The Morgan fingerprint density at radius 2 is 2.19 bits per heavy atom. The molecule has 1 aromatic carbocycles. The topological polar surface area (TPSA) is 42.4 Å². The van der Waals surface area contributed by atoms with Gasteiger partial charge in [0.05, 0.1) is 18.8 Å². The summed E-state index contributed by atoms with van der Waals surface area (Å²) in [6.07, 6.45) is 0.800. The van der Waals surface area contributed by atoms with Crippen LogP contribution in [0.4, 0.5) is 0 Å². The van der Waals surface area contributed by atoms with Crippen molar-refractivity contribution >= 4 is 28.8 Å². The van der Waals surface area contributed by atoms with Gasteiger partial charge < -0.3 is 9.64 Å². The van der Waals surface area contributed by atoms with Crippen LogP contribution >= 0.6 is 22.9 Å². The molecule has 6 heteroatoms. The minimum Gasteiger partial charge on any atom is -0.378 e. The lowest BCUT2D eigenvalue weighted by Crippen LogP contribution is -2.35. The Morgan fingerprint density at radius 3 is 2.90 bits per heavy atom. The standard InChI is InChI=1S/C15H15ClN2O2S/c1-20-9-14-17-12-6-7-18(8-13(12)21-14)15(19)10-2-4-11(16)5-3-10/h2-5H,6-9H2,1H3. The summed E-state index contributed by atoms with van der Waals surface area (Å²) in [5.41, 5.74) is 1.77. The first kappa shape index (κ1) is 14.5. The maximum absolute atomic E-state index is 12.5. The molecule has 0 saturated carbocycles. The highest BCUT2D eigenvalue weighted by atomic mass is 35.5. The van der Waals surface area contributed by atoms with E-state index in [1.54, 1.807) is 42.7 Å². The van der Waals surface area contributed by atoms with Gasteiger partial charge in [-0.15, -0.1) is 11.3 Å². The largest absolute Gasteiger partial charge is 0.378 e. The van der Waals surface area contributed by atoms with E-state index in [2.05, 4.69) is 4.98 Å². The number of carbonyl (C=O) groups excluding carboxylic acids is 1. The van der Waals surface area contributed by atoms with Crippen LogP contribution in [0.25, 0.3) is 0 Å². The molecule has 4 nitrogen and oxygen atoms in total. The second kappa shape index (κ2) is 6.13. The number of hydrogen-bond acceptors (Lipinski definition) is 4. The third kappa shape index (κ3) is 3.10. The second-order valence-corrected chi connectivity index (χ2v) is 6.50. The quantitative estimate of drug-likeness (QED) is 0.872. The number of benzene rings is 1. The van der Waals surface area contributed by atoms with E-state index >= 15 is 0 Å². The molecule has 3 rings (SSSR count). The third-order valence-electron chi connectivity index (χ3n) is 3.42. The molecule has 21 heavy (non-hydrogen) atoms. The monoisotopic (exact) mass is 322 g/mol. The number of thiazole rings is 1. The van der Waals surface area contributed by atoms with Gasteiger partial charge in [-0.3, -0.25) is 4.79 Å². The normalized spacial score (nSPS) is 14.1. The zero-order chi connectivity index (χ0) is 14.8. The Morgan fingerprint density at radius 1 is 1.43 bits per heavy atom. The zero-order valence-electron chi connectivity index (χ0n) is 11.6. The molecule has 110 valence electrons. The summed E-state index contributed by atoms with van der Waals surface area (Å²) in [4.78, 5) is 20.1. The van der Waals surface area contributed by atoms with Crippen LogP contribution in [0.3, 0.4) is 0 Å². The Hall–Kier alpha value is -1.43. The molecule has 1 aliphatic heterocycles. The van der Waals surface area contributed by atoms with Crippen molar-refractivity contribution in [1.82, 2.24) is 9.88 Å². The molecular formula is C15H15ClN2O2S. The van der Waals surface area contributed by atoms with Gasteiger partial charge >= 0.3 is 0 Å². The number of halogens is 1. The van der Waals surface area contributed by atoms with Crippen molar-refractivity contribution in [3.8, 4) is 0 Å². The number of amides is 1. The van der Waals surface area contributed by atoms with E-state index in [4.69, 9.17) is 16.3 Å². The first-order valence-corrected chi connectivity index (χ1v) is 7.88. The van der Waals surface area contributed by atoms with Crippen molar-refractivity contribution in [1.29, 1.82) is 0 Å². The summed E-state index contributed by atoms with van der Waals surface area (Å²) >= 11 is 7.49. The van der Waals surface area contributed by atoms with Crippen LogP contribution in [0.15, 0.2) is 24.3 Å². The Balaban J connectivity index is 1.76. The van der Waals surface area contributed by atoms with Crippen molar-refractivity contribution in [2.75, 3.05) is 13.7 Å². The van der Waals surface area contributed by atoms with E-state index in [9.17, 15) is 4.79 Å². The molecule has 0 saturated heterocycles. The molecule has 1 aromatic heterocycles.